The Kier molecular flexibility index (Phi) is 5.56. The number of hydrogen-bond acceptors (Lipinski definition) is 5. The molecular formula is C22H22FN5O2. The van der Waals surface area contributed by atoms with Gasteiger partial charge in [0.1, 0.15) is 23.5 Å². The van der Waals surface area contributed by atoms with Crippen LogP contribution in [0, 0.1) is 5.82 Å². The number of amides is 1. The molecule has 1 amide bonds. The number of benzene rings is 1. The van der Waals surface area contributed by atoms with Gasteiger partial charge in [0, 0.05) is 36.6 Å². The van der Waals surface area contributed by atoms with Crippen LogP contribution in [-0.4, -0.2) is 38.3 Å². The van der Waals surface area contributed by atoms with E-state index < -0.39 is 0 Å². The van der Waals surface area contributed by atoms with Gasteiger partial charge in [0.25, 0.3) is 5.56 Å². The number of halogens is 1. The SMILES string of the molecule is CCc1cc(=O)[nH]c(-c2ccc(NC3CCN(Cc4ccc(F)cc4)C3=O)nc2)n1. The summed E-state index contributed by atoms with van der Waals surface area (Å²) in [5.74, 6) is 0.753. The summed E-state index contributed by atoms with van der Waals surface area (Å²) in [4.78, 5) is 37.7. The van der Waals surface area contributed by atoms with Crippen LogP contribution in [-0.2, 0) is 17.8 Å². The van der Waals surface area contributed by atoms with E-state index in [1.165, 1.54) is 18.2 Å². The van der Waals surface area contributed by atoms with E-state index in [0.717, 1.165) is 5.56 Å². The summed E-state index contributed by atoms with van der Waals surface area (Å²) in [5.41, 5.74) is 2.11. The van der Waals surface area contributed by atoms with Crippen LogP contribution in [0.5, 0.6) is 0 Å². The van der Waals surface area contributed by atoms with E-state index in [1.807, 2.05) is 13.0 Å². The first-order valence-electron chi connectivity index (χ1n) is 9.88. The highest BCUT2D eigenvalue weighted by Gasteiger charge is 2.31. The van der Waals surface area contributed by atoms with Crippen molar-refractivity contribution in [3.05, 3.63) is 76.1 Å². The number of aromatic amines is 1. The maximum absolute atomic E-state index is 13.1. The van der Waals surface area contributed by atoms with Crippen molar-refractivity contribution < 1.29 is 9.18 Å². The van der Waals surface area contributed by atoms with Gasteiger partial charge >= 0.3 is 0 Å². The molecule has 1 unspecified atom stereocenters. The molecule has 3 aromatic rings. The Labute approximate surface area is 173 Å². The Balaban J connectivity index is 1.41. The minimum Gasteiger partial charge on any atom is -0.358 e. The Bertz CT molecular complexity index is 1100. The van der Waals surface area contributed by atoms with E-state index in [9.17, 15) is 14.0 Å². The summed E-state index contributed by atoms with van der Waals surface area (Å²) >= 11 is 0. The molecule has 1 saturated heterocycles. The number of nitrogens with zero attached hydrogens (tertiary/aromatic N) is 3. The standard InChI is InChI=1S/C22H22FN5O2/c1-2-17-11-20(29)27-21(25-17)15-5-8-19(24-12-15)26-18-9-10-28(22(18)30)13-14-3-6-16(23)7-4-14/h3-8,11-12,18H,2,9-10,13H2,1H3,(H,24,26)(H,25,27,29). The van der Waals surface area contributed by atoms with E-state index in [0.29, 0.717) is 48.8 Å². The summed E-state index contributed by atoms with van der Waals surface area (Å²) in [5, 5.41) is 3.17. The van der Waals surface area contributed by atoms with Crippen LogP contribution in [0.15, 0.2) is 53.5 Å². The van der Waals surface area contributed by atoms with Crippen molar-refractivity contribution in [3.8, 4) is 11.4 Å². The molecule has 0 radical (unpaired) electrons. The highest BCUT2D eigenvalue weighted by molar-refractivity contribution is 5.86. The molecule has 1 aliphatic rings. The van der Waals surface area contributed by atoms with Gasteiger partial charge in [-0.3, -0.25) is 9.59 Å². The van der Waals surface area contributed by atoms with Crippen LogP contribution in [0.4, 0.5) is 10.2 Å². The Morgan fingerprint density at radius 3 is 2.70 bits per heavy atom. The number of aryl methyl sites for hydroxylation is 1. The largest absolute Gasteiger partial charge is 0.358 e. The first-order valence-corrected chi connectivity index (χ1v) is 9.88. The van der Waals surface area contributed by atoms with Gasteiger partial charge in [-0.2, -0.15) is 0 Å². The average Bonchev–Trinajstić information content (AvgIpc) is 3.09. The van der Waals surface area contributed by atoms with Crippen LogP contribution >= 0.6 is 0 Å². The number of carbonyl (C=O) groups is 1. The molecule has 1 fully saturated rings. The Morgan fingerprint density at radius 1 is 1.20 bits per heavy atom. The first kappa shape index (κ1) is 19.8. The number of carbonyl (C=O) groups excluding carboxylic acids is 1. The molecular weight excluding hydrogens is 385 g/mol. The topological polar surface area (TPSA) is 91.0 Å². The van der Waals surface area contributed by atoms with Crippen LogP contribution in [0.1, 0.15) is 24.6 Å². The van der Waals surface area contributed by atoms with E-state index in [2.05, 4.69) is 20.3 Å². The van der Waals surface area contributed by atoms with Gasteiger partial charge < -0.3 is 15.2 Å². The van der Waals surface area contributed by atoms with Crippen LogP contribution < -0.4 is 10.9 Å². The van der Waals surface area contributed by atoms with Crippen LogP contribution in [0.2, 0.25) is 0 Å². The maximum atomic E-state index is 13.1. The van der Waals surface area contributed by atoms with Crippen LogP contribution in [0.3, 0.4) is 0 Å². The van der Waals surface area contributed by atoms with Gasteiger partial charge in [-0.15, -0.1) is 0 Å². The van der Waals surface area contributed by atoms with Crippen molar-refractivity contribution in [3.63, 3.8) is 0 Å². The summed E-state index contributed by atoms with van der Waals surface area (Å²) in [6.45, 7) is 3.02. The van der Waals surface area contributed by atoms with Gasteiger partial charge in [0.05, 0.1) is 0 Å². The van der Waals surface area contributed by atoms with Crippen molar-refractivity contribution in [1.29, 1.82) is 0 Å². The second-order valence-corrected chi connectivity index (χ2v) is 7.24. The zero-order valence-corrected chi connectivity index (χ0v) is 16.6. The molecule has 7 nitrogen and oxygen atoms in total. The quantitative estimate of drug-likeness (QED) is 0.656. The predicted molar refractivity (Wildman–Crippen MR) is 111 cm³/mol. The molecule has 0 saturated carbocycles. The molecule has 4 rings (SSSR count). The second kappa shape index (κ2) is 8.44. The predicted octanol–water partition coefficient (Wildman–Crippen LogP) is 2.75. The zero-order chi connectivity index (χ0) is 21.1. The van der Waals surface area contributed by atoms with Crippen molar-refractivity contribution in [2.45, 2.75) is 32.4 Å². The minimum absolute atomic E-state index is 0.00755. The third kappa shape index (κ3) is 4.37. The second-order valence-electron chi connectivity index (χ2n) is 7.24. The number of nitrogens with one attached hydrogen (secondary N) is 2. The number of rotatable bonds is 6. The number of likely N-dealkylation sites (tertiary alicyclic amines) is 1. The van der Waals surface area contributed by atoms with Crippen molar-refractivity contribution >= 4 is 11.7 Å². The van der Waals surface area contributed by atoms with E-state index in [-0.39, 0.29) is 23.3 Å². The minimum atomic E-state index is -0.356. The summed E-state index contributed by atoms with van der Waals surface area (Å²) in [6, 6.07) is 10.9. The van der Waals surface area contributed by atoms with Crippen molar-refractivity contribution in [2.75, 3.05) is 11.9 Å². The van der Waals surface area contributed by atoms with E-state index >= 15 is 0 Å². The maximum Gasteiger partial charge on any atom is 0.251 e. The molecule has 2 aromatic heterocycles. The summed E-state index contributed by atoms with van der Waals surface area (Å²) < 4.78 is 13.1. The molecule has 0 spiro atoms. The normalized spacial score (nSPS) is 16.1. The van der Waals surface area contributed by atoms with Gasteiger partial charge in [0.2, 0.25) is 5.91 Å². The average molecular weight is 407 g/mol. The molecule has 1 aromatic carbocycles. The summed E-state index contributed by atoms with van der Waals surface area (Å²) in [6.07, 6.45) is 2.95. The fourth-order valence-corrected chi connectivity index (χ4v) is 3.46. The van der Waals surface area contributed by atoms with E-state index in [1.54, 1.807) is 29.3 Å². The molecule has 8 heteroatoms. The number of hydrogen-bond donors (Lipinski definition) is 2. The lowest BCUT2D eigenvalue weighted by Crippen LogP contribution is -2.33. The highest BCUT2D eigenvalue weighted by Crippen LogP contribution is 2.20. The lowest BCUT2D eigenvalue weighted by atomic mass is 10.2. The Morgan fingerprint density at radius 2 is 2.00 bits per heavy atom. The third-order valence-electron chi connectivity index (χ3n) is 5.10. The molecule has 2 N–H and O–H groups in total. The van der Waals surface area contributed by atoms with Crippen molar-refractivity contribution in [1.82, 2.24) is 19.9 Å². The molecule has 0 aliphatic carbocycles. The lowest BCUT2D eigenvalue weighted by Gasteiger charge is -2.17. The van der Waals surface area contributed by atoms with E-state index in [4.69, 9.17) is 0 Å². The number of anilines is 1. The Hall–Kier alpha value is -3.55. The molecule has 1 atom stereocenters. The van der Waals surface area contributed by atoms with Gasteiger partial charge in [-0.05, 0) is 42.7 Å². The van der Waals surface area contributed by atoms with Gasteiger partial charge in [-0.25, -0.2) is 14.4 Å². The first-order chi connectivity index (χ1) is 14.5. The molecule has 154 valence electrons. The molecule has 30 heavy (non-hydrogen) atoms. The smallest absolute Gasteiger partial charge is 0.251 e. The monoisotopic (exact) mass is 407 g/mol. The molecule has 0 bridgehead atoms. The highest BCUT2D eigenvalue weighted by atomic mass is 19.1. The summed E-state index contributed by atoms with van der Waals surface area (Å²) in [7, 11) is 0. The number of aromatic nitrogens is 3. The number of H-pyrrole nitrogens is 1. The fourth-order valence-electron chi connectivity index (χ4n) is 3.46. The molecule has 1 aliphatic heterocycles. The van der Waals surface area contributed by atoms with Gasteiger partial charge in [-0.1, -0.05) is 19.1 Å². The van der Waals surface area contributed by atoms with Gasteiger partial charge in [0.15, 0.2) is 0 Å². The zero-order valence-electron chi connectivity index (χ0n) is 16.6. The van der Waals surface area contributed by atoms with Crippen molar-refractivity contribution in [2.24, 2.45) is 0 Å². The number of pyridine rings is 1. The molecule has 3 heterocycles. The fraction of sp³-hybridized carbons (Fsp3) is 0.273. The van der Waals surface area contributed by atoms with Crippen LogP contribution in [0.25, 0.3) is 11.4 Å². The third-order valence-corrected chi connectivity index (χ3v) is 5.10. The lowest BCUT2D eigenvalue weighted by molar-refractivity contribution is -0.128.